The van der Waals surface area contributed by atoms with Gasteiger partial charge in [-0.15, -0.1) is 0 Å². The maximum absolute atomic E-state index is 11.9. The molecular weight excluding hydrogens is 238 g/mol. The largest absolute Gasteiger partial charge is 0.458 e. The van der Waals surface area contributed by atoms with Crippen molar-refractivity contribution in [3.05, 3.63) is 35.9 Å². The van der Waals surface area contributed by atoms with E-state index in [1.165, 1.54) is 5.56 Å². The molecule has 0 aromatic heterocycles. The third-order valence-corrected chi connectivity index (χ3v) is 2.62. The van der Waals surface area contributed by atoms with E-state index in [9.17, 15) is 4.79 Å². The van der Waals surface area contributed by atoms with Gasteiger partial charge in [0.15, 0.2) is 0 Å². The number of benzene rings is 1. The van der Waals surface area contributed by atoms with Crippen molar-refractivity contribution in [2.45, 2.75) is 40.2 Å². The Morgan fingerprint density at radius 1 is 1.16 bits per heavy atom. The molecule has 0 aliphatic rings. The Bertz CT molecular complexity index is 422. The molecule has 1 aromatic carbocycles. The minimum absolute atomic E-state index is 0.0852. The number of esters is 1. The van der Waals surface area contributed by atoms with Crippen LogP contribution < -0.4 is 0 Å². The van der Waals surface area contributed by atoms with Crippen molar-refractivity contribution in [2.75, 3.05) is 6.54 Å². The molecule has 0 amide bonds. The van der Waals surface area contributed by atoms with E-state index in [2.05, 4.69) is 17.1 Å². The van der Waals surface area contributed by atoms with E-state index in [-0.39, 0.29) is 18.0 Å². The highest BCUT2D eigenvalue weighted by molar-refractivity contribution is 6.37. The van der Waals surface area contributed by atoms with Gasteiger partial charge in [0.2, 0.25) is 0 Å². The molecule has 0 radical (unpaired) electrons. The Hall–Kier alpha value is -1.64. The Kier molecular flexibility index (Phi) is 6.26. The van der Waals surface area contributed by atoms with Crippen molar-refractivity contribution in [3.8, 4) is 0 Å². The maximum atomic E-state index is 11.9. The summed E-state index contributed by atoms with van der Waals surface area (Å²) in [5.41, 5.74) is 1.76. The van der Waals surface area contributed by atoms with Gasteiger partial charge in [-0.05, 0) is 25.8 Å². The lowest BCUT2D eigenvalue weighted by Gasteiger charge is -2.12. The second-order valence-electron chi connectivity index (χ2n) is 5.11. The van der Waals surface area contributed by atoms with Gasteiger partial charge in [0.05, 0.1) is 6.10 Å². The summed E-state index contributed by atoms with van der Waals surface area (Å²) in [7, 11) is 0. The standard InChI is InChI=1S/C16H23NO2/c1-12(2)15(16(18)19-13(3)4)17-11-10-14-8-6-5-7-9-14/h5-9,12-13H,10-11H2,1-4H3. The fraction of sp³-hybridized carbons (Fsp3) is 0.500. The normalized spacial score (nSPS) is 12.0. The number of carbonyl (C=O) groups is 1. The van der Waals surface area contributed by atoms with Crippen molar-refractivity contribution in [3.63, 3.8) is 0 Å². The number of hydrogen-bond acceptors (Lipinski definition) is 3. The summed E-state index contributed by atoms with van der Waals surface area (Å²) < 4.78 is 5.21. The molecular formula is C16H23NO2. The van der Waals surface area contributed by atoms with Crippen LogP contribution in [0.1, 0.15) is 33.3 Å². The van der Waals surface area contributed by atoms with Gasteiger partial charge in [0, 0.05) is 12.5 Å². The molecule has 3 heteroatoms. The van der Waals surface area contributed by atoms with E-state index < -0.39 is 0 Å². The van der Waals surface area contributed by atoms with Gasteiger partial charge in [-0.1, -0.05) is 44.2 Å². The smallest absolute Gasteiger partial charge is 0.352 e. The van der Waals surface area contributed by atoms with Crippen LogP contribution in [0.3, 0.4) is 0 Å². The SMILES string of the molecule is CC(C)OC(=O)C(=NCCc1ccccc1)C(C)C. The molecule has 3 nitrogen and oxygen atoms in total. The van der Waals surface area contributed by atoms with Crippen LogP contribution in [-0.4, -0.2) is 24.3 Å². The molecule has 0 unspecified atom stereocenters. The fourth-order valence-corrected chi connectivity index (χ4v) is 1.71. The van der Waals surface area contributed by atoms with Gasteiger partial charge >= 0.3 is 5.97 Å². The second kappa shape index (κ2) is 7.72. The molecule has 0 heterocycles. The lowest BCUT2D eigenvalue weighted by Crippen LogP contribution is -2.26. The lowest BCUT2D eigenvalue weighted by atomic mass is 10.1. The highest BCUT2D eigenvalue weighted by Crippen LogP contribution is 2.05. The average molecular weight is 261 g/mol. The lowest BCUT2D eigenvalue weighted by molar-refractivity contribution is -0.139. The summed E-state index contributed by atoms with van der Waals surface area (Å²) in [6.45, 7) is 8.23. The van der Waals surface area contributed by atoms with E-state index in [1.54, 1.807) is 0 Å². The van der Waals surface area contributed by atoms with Crippen LogP contribution in [0.4, 0.5) is 0 Å². The molecule has 1 aromatic rings. The monoisotopic (exact) mass is 261 g/mol. The molecule has 0 saturated carbocycles. The van der Waals surface area contributed by atoms with Gasteiger partial charge in [0.25, 0.3) is 0 Å². The number of carbonyl (C=O) groups excluding carboxylic acids is 1. The van der Waals surface area contributed by atoms with Crippen LogP contribution in [-0.2, 0) is 16.0 Å². The molecule has 0 N–H and O–H groups in total. The summed E-state index contributed by atoms with van der Waals surface area (Å²) >= 11 is 0. The third-order valence-electron chi connectivity index (χ3n) is 2.62. The minimum Gasteiger partial charge on any atom is -0.458 e. The third kappa shape index (κ3) is 5.69. The predicted octanol–water partition coefficient (Wildman–Crippen LogP) is 3.28. The number of hydrogen-bond donors (Lipinski definition) is 0. The van der Waals surface area contributed by atoms with E-state index in [1.807, 2.05) is 45.9 Å². The van der Waals surface area contributed by atoms with Gasteiger partial charge in [-0.25, -0.2) is 4.79 Å². The highest BCUT2D eigenvalue weighted by atomic mass is 16.5. The number of aliphatic imine (C=N–C) groups is 1. The Labute approximate surface area is 115 Å². The first-order chi connectivity index (χ1) is 9.00. The van der Waals surface area contributed by atoms with Crippen LogP contribution in [0.2, 0.25) is 0 Å². The van der Waals surface area contributed by atoms with Crippen LogP contribution in [0.15, 0.2) is 35.3 Å². The second-order valence-corrected chi connectivity index (χ2v) is 5.11. The predicted molar refractivity (Wildman–Crippen MR) is 78.5 cm³/mol. The zero-order valence-electron chi connectivity index (χ0n) is 12.2. The fourth-order valence-electron chi connectivity index (χ4n) is 1.71. The summed E-state index contributed by atoms with van der Waals surface area (Å²) in [5.74, 6) is -0.208. The summed E-state index contributed by atoms with van der Waals surface area (Å²) in [6.07, 6.45) is 0.733. The average Bonchev–Trinajstić information content (AvgIpc) is 2.34. The molecule has 0 bridgehead atoms. The first-order valence-electron chi connectivity index (χ1n) is 6.80. The first kappa shape index (κ1) is 15.4. The van der Waals surface area contributed by atoms with Crippen molar-refractivity contribution >= 4 is 11.7 Å². The topological polar surface area (TPSA) is 38.7 Å². The highest BCUT2D eigenvalue weighted by Gasteiger charge is 2.17. The molecule has 0 aliphatic carbocycles. The van der Waals surface area contributed by atoms with Gasteiger partial charge in [0.1, 0.15) is 5.71 Å². The van der Waals surface area contributed by atoms with Crippen LogP contribution in [0.5, 0.6) is 0 Å². The number of nitrogens with zero attached hydrogens (tertiary/aromatic N) is 1. The molecule has 1 rings (SSSR count). The van der Waals surface area contributed by atoms with Gasteiger partial charge < -0.3 is 4.74 Å². The molecule has 0 saturated heterocycles. The van der Waals surface area contributed by atoms with E-state index >= 15 is 0 Å². The van der Waals surface area contributed by atoms with Crippen LogP contribution in [0, 0.1) is 5.92 Å². The van der Waals surface area contributed by atoms with E-state index in [0.717, 1.165) is 6.42 Å². The van der Waals surface area contributed by atoms with Crippen molar-refractivity contribution in [2.24, 2.45) is 10.9 Å². The Balaban J connectivity index is 2.61. The van der Waals surface area contributed by atoms with Crippen LogP contribution in [0.25, 0.3) is 0 Å². The van der Waals surface area contributed by atoms with Crippen LogP contribution >= 0.6 is 0 Å². The summed E-state index contributed by atoms with van der Waals surface area (Å²) in [6, 6.07) is 10.1. The summed E-state index contributed by atoms with van der Waals surface area (Å²) in [5, 5.41) is 0. The van der Waals surface area contributed by atoms with Crippen molar-refractivity contribution in [1.29, 1.82) is 0 Å². The molecule has 104 valence electrons. The number of rotatable bonds is 6. The molecule has 19 heavy (non-hydrogen) atoms. The molecule has 0 aliphatic heterocycles. The van der Waals surface area contributed by atoms with Crippen molar-refractivity contribution < 1.29 is 9.53 Å². The quantitative estimate of drug-likeness (QED) is 0.582. The maximum Gasteiger partial charge on any atom is 0.352 e. The zero-order chi connectivity index (χ0) is 14.3. The molecule has 0 atom stereocenters. The van der Waals surface area contributed by atoms with Gasteiger partial charge in [-0.2, -0.15) is 0 Å². The molecule has 0 spiro atoms. The number of ether oxygens (including phenoxy) is 1. The Morgan fingerprint density at radius 2 is 1.79 bits per heavy atom. The summed E-state index contributed by atoms with van der Waals surface area (Å²) in [4.78, 5) is 16.3. The minimum atomic E-state index is -0.293. The van der Waals surface area contributed by atoms with Crippen molar-refractivity contribution in [1.82, 2.24) is 0 Å². The van der Waals surface area contributed by atoms with E-state index in [0.29, 0.717) is 12.3 Å². The Morgan fingerprint density at radius 3 is 2.32 bits per heavy atom. The molecule has 0 fully saturated rings. The zero-order valence-corrected chi connectivity index (χ0v) is 12.2. The first-order valence-corrected chi connectivity index (χ1v) is 6.80. The van der Waals surface area contributed by atoms with Gasteiger partial charge in [-0.3, -0.25) is 4.99 Å². The van der Waals surface area contributed by atoms with E-state index in [4.69, 9.17) is 4.74 Å².